The molecular formula is C28H35FN8. The van der Waals surface area contributed by atoms with Crippen LogP contribution in [0.25, 0.3) is 11.3 Å². The van der Waals surface area contributed by atoms with Gasteiger partial charge in [-0.1, -0.05) is 26.0 Å². The van der Waals surface area contributed by atoms with Crippen molar-refractivity contribution in [3.05, 3.63) is 59.2 Å². The van der Waals surface area contributed by atoms with Crippen LogP contribution in [0, 0.1) is 11.7 Å². The number of nitrogens with two attached hydrogens (primary N) is 1. The van der Waals surface area contributed by atoms with Crippen molar-refractivity contribution in [3.8, 4) is 11.3 Å². The predicted molar refractivity (Wildman–Crippen MR) is 147 cm³/mol. The van der Waals surface area contributed by atoms with Crippen molar-refractivity contribution in [2.75, 3.05) is 44.8 Å². The molecule has 1 unspecified atom stereocenters. The highest BCUT2D eigenvalue weighted by Crippen LogP contribution is 2.28. The fourth-order valence-corrected chi connectivity index (χ4v) is 5.39. The van der Waals surface area contributed by atoms with Crippen LogP contribution >= 0.6 is 0 Å². The van der Waals surface area contributed by atoms with Gasteiger partial charge < -0.3 is 16.0 Å². The average molecular weight is 503 g/mol. The molecule has 194 valence electrons. The standard InChI is InChI=1S/C28H35FN8/c1-17(2)26(31-3)21-13-18(5-7-23(21)30)27-22(29)14-32-28(35-27)34-25-8-6-19-15-37(12-10-24(19)33-25)20-9-11-36(4)16-20/h5-8,13-14,17,20H,9-12,15-16,30H2,1-4H3,(H,32,33,34,35). The molecule has 37 heavy (non-hydrogen) atoms. The van der Waals surface area contributed by atoms with Crippen LogP contribution < -0.4 is 11.1 Å². The van der Waals surface area contributed by atoms with Crippen molar-refractivity contribution in [2.24, 2.45) is 10.9 Å². The Morgan fingerprint density at radius 1 is 1.19 bits per heavy atom. The van der Waals surface area contributed by atoms with Crippen molar-refractivity contribution in [2.45, 2.75) is 39.3 Å². The van der Waals surface area contributed by atoms with Crippen molar-refractivity contribution in [1.29, 1.82) is 0 Å². The Hall–Kier alpha value is -3.43. The molecule has 2 aromatic heterocycles. The monoisotopic (exact) mass is 502 g/mol. The Morgan fingerprint density at radius 2 is 2.03 bits per heavy atom. The molecule has 0 amide bonds. The Bertz CT molecular complexity index is 1320. The maximum Gasteiger partial charge on any atom is 0.229 e. The molecule has 3 N–H and O–H groups in total. The third kappa shape index (κ3) is 5.33. The van der Waals surface area contributed by atoms with Crippen molar-refractivity contribution >= 4 is 23.2 Å². The minimum atomic E-state index is -0.503. The van der Waals surface area contributed by atoms with Crippen LogP contribution in [0.4, 0.5) is 21.8 Å². The van der Waals surface area contributed by atoms with Crippen LogP contribution in [0.5, 0.6) is 0 Å². The van der Waals surface area contributed by atoms with Gasteiger partial charge in [-0.2, -0.15) is 0 Å². The number of likely N-dealkylation sites (tertiary alicyclic amines) is 1. The van der Waals surface area contributed by atoms with Crippen LogP contribution in [0.1, 0.15) is 37.1 Å². The minimum Gasteiger partial charge on any atom is -0.398 e. The highest BCUT2D eigenvalue weighted by molar-refractivity contribution is 6.06. The molecule has 1 atom stereocenters. The van der Waals surface area contributed by atoms with Gasteiger partial charge in [-0.05, 0) is 49.7 Å². The van der Waals surface area contributed by atoms with E-state index in [0.29, 0.717) is 29.1 Å². The fraction of sp³-hybridized carbons (Fsp3) is 0.429. The van der Waals surface area contributed by atoms with Gasteiger partial charge in [-0.3, -0.25) is 9.89 Å². The maximum atomic E-state index is 14.8. The number of rotatable bonds is 6. The second-order valence-corrected chi connectivity index (χ2v) is 10.3. The molecular weight excluding hydrogens is 467 g/mol. The minimum absolute atomic E-state index is 0.177. The molecule has 4 heterocycles. The van der Waals surface area contributed by atoms with E-state index >= 15 is 0 Å². The van der Waals surface area contributed by atoms with Gasteiger partial charge in [-0.15, -0.1) is 0 Å². The van der Waals surface area contributed by atoms with Gasteiger partial charge >= 0.3 is 0 Å². The SMILES string of the molecule is CN=C(c1cc(-c2nc(Nc3ccc4c(n3)CCN(C3CCN(C)C3)C4)ncc2F)ccc1N)C(C)C. The lowest BCUT2D eigenvalue weighted by Gasteiger charge is -2.33. The lowest BCUT2D eigenvalue weighted by molar-refractivity contribution is 0.179. The van der Waals surface area contributed by atoms with Gasteiger partial charge in [-0.25, -0.2) is 19.3 Å². The molecule has 0 saturated carbocycles. The molecule has 0 aliphatic carbocycles. The summed E-state index contributed by atoms with van der Waals surface area (Å²) in [5.41, 5.74) is 11.7. The summed E-state index contributed by atoms with van der Waals surface area (Å²) in [4.78, 5) is 22.9. The quantitative estimate of drug-likeness (QED) is 0.386. The molecule has 0 radical (unpaired) electrons. The number of hydrogen-bond acceptors (Lipinski definition) is 8. The van der Waals surface area contributed by atoms with E-state index in [-0.39, 0.29) is 11.6 Å². The Morgan fingerprint density at radius 3 is 2.76 bits per heavy atom. The first kappa shape index (κ1) is 25.2. The molecule has 1 fully saturated rings. The first-order chi connectivity index (χ1) is 17.8. The Labute approximate surface area is 217 Å². The lowest BCUT2D eigenvalue weighted by Crippen LogP contribution is -2.40. The van der Waals surface area contributed by atoms with E-state index in [4.69, 9.17) is 10.7 Å². The van der Waals surface area contributed by atoms with E-state index in [2.05, 4.69) is 57.0 Å². The molecule has 0 spiro atoms. The van der Waals surface area contributed by atoms with E-state index in [1.165, 1.54) is 18.2 Å². The van der Waals surface area contributed by atoms with E-state index < -0.39 is 5.82 Å². The molecule has 2 aliphatic heterocycles. The molecule has 1 aromatic carbocycles. The molecule has 8 nitrogen and oxygen atoms in total. The van der Waals surface area contributed by atoms with E-state index in [1.807, 2.05) is 12.1 Å². The number of hydrogen-bond donors (Lipinski definition) is 2. The normalized spacial score (nSPS) is 18.9. The second-order valence-electron chi connectivity index (χ2n) is 10.3. The van der Waals surface area contributed by atoms with E-state index in [1.54, 1.807) is 19.2 Å². The third-order valence-corrected chi connectivity index (χ3v) is 7.34. The van der Waals surface area contributed by atoms with Crippen molar-refractivity contribution in [3.63, 3.8) is 0 Å². The first-order valence-corrected chi connectivity index (χ1v) is 12.9. The van der Waals surface area contributed by atoms with Gasteiger partial charge in [0.25, 0.3) is 0 Å². The molecule has 9 heteroatoms. The van der Waals surface area contributed by atoms with Crippen LogP contribution in [-0.2, 0) is 13.0 Å². The topological polar surface area (TPSA) is 95.6 Å². The molecule has 0 bridgehead atoms. The number of benzene rings is 1. The summed E-state index contributed by atoms with van der Waals surface area (Å²) in [5, 5.41) is 3.17. The zero-order valence-electron chi connectivity index (χ0n) is 22.0. The van der Waals surface area contributed by atoms with Gasteiger partial charge in [0.05, 0.1) is 6.20 Å². The van der Waals surface area contributed by atoms with Crippen LogP contribution in [-0.4, -0.2) is 70.2 Å². The number of pyridine rings is 1. The smallest absolute Gasteiger partial charge is 0.229 e. The van der Waals surface area contributed by atoms with Crippen LogP contribution in [0.15, 0.2) is 41.5 Å². The number of fused-ring (bicyclic) bond motifs is 1. The summed E-state index contributed by atoms with van der Waals surface area (Å²) < 4.78 is 14.8. The first-order valence-electron chi connectivity index (χ1n) is 12.9. The fourth-order valence-electron chi connectivity index (χ4n) is 5.39. The van der Waals surface area contributed by atoms with Gasteiger partial charge in [0, 0.05) is 67.4 Å². The summed E-state index contributed by atoms with van der Waals surface area (Å²) in [7, 11) is 3.93. The summed E-state index contributed by atoms with van der Waals surface area (Å²) in [6, 6.07) is 10.1. The Kier molecular flexibility index (Phi) is 7.17. The van der Waals surface area contributed by atoms with Gasteiger partial charge in [0.15, 0.2) is 5.82 Å². The van der Waals surface area contributed by atoms with E-state index in [0.717, 1.165) is 49.6 Å². The maximum absolute atomic E-state index is 14.8. The predicted octanol–water partition coefficient (Wildman–Crippen LogP) is 4.14. The summed E-state index contributed by atoms with van der Waals surface area (Å²) in [6.07, 6.45) is 3.32. The van der Waals surface area contributed by atoms with Crippen molar-refractivity contribution < 1.29 is 4.39 Å². The van der Waals surface area contributed by atoms with E-state index in [9.17, 15) is 4.39 Å². The number of aromatic nitrogens is 3. The van der Waals surface area contributed by atoms with Crippen molar-refractivity contribution in [1.82, 2.24) is 24.8 Å². The molecule has 1 saturated heterocycles. The number of nitrogens with zero attached hydrogens (tertiary/aromatic N) is 6. The highest BCUT2D eigenvalue weighted by Gasteiger charge is 2.29. The van der Waals surface area contributed by atoms with Crippen LogP contribution in [0.2, 0.25) is 0 Å². The number of nitrogen functional groups attached to an aromatic ring is 1. The second kappa shape index (κ2) is 10.5. The molecule has 5 rings (SSSR count). The summed E-state index contributed by atoms with van der Waals surface area (Å²) in [6.45, 7) is 8.34. The number of halogens is 1. The summed E-state index contributed by atoms with van der Waals surface area (Å²) >= 11 is 0. The van der Waals surface area contributed by atoms with Gasteiger partial charge in [0.1, 0.15) is 11.5 Å². The third-order valence-electron chi connectivity index (χ3n) is 7.34. The number of nitrogens with one attached hydrogen (secondary N) is 1. The Balaban J connectivity index is 1.36. The number of anilines is 3. The number of likely N-dealkylation sites (N-methyl/N-ethyl adjacent to an activating group) is 1. The zero-order valence-corrected chi connectivity index (χ0v) is 22.0. The van der Waals surface area contributed by atoms with Crippen LogP contribution in [0.3, 0.4) is 0 Å². The molecule has 2 aliphatic rings. The molecule has 3 aromatic rings. The average Bonchev–Trinajstić information content (AvgIpc) is 3.32. The largest absolute Gasteiger partial charge is 0.398 e. The summed E-state index contributed by atoms with van der Waals surface area (Å²) in [5.74, 6) is 0.624. The number of aliphatic imine (C=N–C) groups is 1. The highest BCUT2D eigenvalue weighted by atomic mass is 19.1. The zero-order chi connectivity index (χ0) is 26.1. The van der Waals surface area contributed by atoms with Gasteiger partial charge in [0.2, 0.25) is 5.95 Å². The lowest BCUT2D eigenvalue weighted by atomic mass is 9.95.